The SMILES string of the molecule is O=C(CN1C(=O)NC2(CCCCC2)C1=O)Nc1ccc(C(=O)NCC(F)(F)F)cc1. The fraction of sp³-hybridized carbons (Fsp3) is 0.474. The Labute approximate surface area is 170 Å². The molecule has 8 nitrogen and oxygen atoms in total. The van der Waals surface area contributed by atoms with Crippen molar-refractivity contribution < 1.29 is 32.3 Å². The Morgan fingerprint density at radius 1 is 1.07 bits per heavy atom. The highest BCUT2D eigenvalue weighted by Crippen LogP contribution is 2.33. The van der Waals surface area contributed by atoms with Crippen LogP contribution in [0.4, 0.5) is 23.7 Å². The van der Waals surface area contributed by atoms with Crippen molar-refractivity contribution in [3.63, 3.8) is 0 Å². The largest absolute Gasteiger partial charge is 0.405 e. The molecule has 0 aromatic heterocycles. The van der Waals surface area contributed by atoms with E-state index in [1.807, 2.05) is 0 Å². The number of carbonyl (C=O) groups is 4. The predicted molar refractivity (Wildman–Crippen MR) is 99.5 cm³/mol. The van der Waals surface area contributed by atoms with E-state index >= 15 is 0 Å². The molecule has 2 aliphatic rings. The summed E-state index contributed by atoms with van der Waals surface area (Å²) in [6.07, 6.45) is -0.764. The average molecular weight is 426 g/mol. The summed E-state index contributed by atoms with van der Waals surface area (Å²) in [6.45, 7) is -1.90. The first-order valence-corrected chi connectivity index (χ1v) is 9.49. The van der Waals surface area contributed by atoms with Gasteiger partial charge in [-0.2, -0.15) is 13.2 Å². The molecule has 1 aromatic carbocycles. The molecule has 2 fully saturated rings. The molecule has 5 amide bonds. The van der Waals surface area contributed by atoms with E-state index in [4.69, 9.17) is 0 Å². The van der Waals surface area contributed by atoms with Crippen molar-refractivity contribution in [2.75, 3.05) is 18.4 Å². The number of alkyl halides is 3. The minimum atomic E-state index is -4.51. The molecule has 1 saturated heterocycles. The maximum absolute atomic E-state index is 12.7. The lowest BCUT2D eigenvalue weighted by Gasteiger charge is -2.30. The number of hydrogen-bond acceptors (Lipinski definition) is 4. The third kappa shape index (κ3) is 4.89. The number of carbonyl (C=O) groups excluding carboxylic acids is 4. The molecule has 1 spiro atoms. The molecule has 1 aliphatic carbocycles. The summed E-state index contributed by atoms with van der Waals surface area (Å²) in [5, 5.41) is 6.96. The van der Waals surface area contributed by atoms with Crippen LogP contribution in [0.1, 0.15) is 42.5 Å². The van der Waals surface area contributed by atoms with Crippen LogP contribution in [-0.2, 0) is 9.59 Å². The fourth-order valence-electron chi connectivity index (χ4n) is 3.65. The Kier molecular flexibility index (Phi) is 5.99. The summed E-state index contributed by atoms with van der Waals surface area (Å²) < 4.78 is 36.5. The zero-order chi connectivity index (χ0) is 21.9. The van der Waals surface area contributed by atoms with Crippen molar-refractivity contribution in [3.05, 3.63) is 29.8 Å². The number of halogens is 3. The molecule has 162 valence electrons. The van der Waals surface area contributed by atoms with Gasteiger partial charge in [-0.1, -0.05) is 19.3 Å². The second kappa shape index (κ2) is 8.33. The van der Waals surface area contributed by atoms with Crippen molar-refractivity contribution >= 4 is 29.4 Å². The van der Waals surface area contributed by atoms with Crippen LogP contribution < -0.4 is 16.0 Å². The predicted octanol–water partition coefficient (Wildman–Crippen LogP) is 2.17. The molecule has 0 bridgehead atoms. The van der Waals surface area contributed by atoms with Crippen LogP contribution in [0.5, 0.6) is 0 Å². The van der Waals surface area contributed by atoms with E-state index in [-0.39, 0.29) is 11.3 Å². The summed E-state index contributed by atoms with van der Waals surface area (Å²) in [5.74, 6) is -1.91. The second-order valence-electron chi connectivity index (χ2n) is 7.39. The Bertz CT molecular complexity index is 848. The Morgan fingerprint density at radius 2 is 1.70 bits per heavy atom. The van der Waals surface area contributed by atoms with Gasteiger partial charge in [0, 0.05) is 11.3 Å². The minimum Gasteiger partial charge on any atom is -0.343 e. The van der Waals surface area contributed by atoms with Gasteiger partial charge in [-0.15, -0.1) is 0 Å². The van der Waals surface area contributed by atoms with E-state index in [0.717, 1.165) is 24.2 Å². The number of benzene rings is 1. The van der Waals surface area contributed by atoms with E-state index in [2.05, 4.69) is 10.6 Å². The normalized spacial score (nSPS) is 18.3. The van der Waals surface area contributed by atoms with Crippen LogP contribution in [0.25, 0.3) is 0 Å². The molecule has 0 atom stereocenters. The zero-order valence-corrected chi connectivity index (χ0v) is 16.0. The van der Waals surface area contributed by atoms with E-state index < -0.39 is 48.6 Å². The molecule has 0 unspecified atom stereocenters. The van der Waals surface area contributed by atoms with Crippen molar-refractivity contribution in [1.29, 1.82) is 0 Å². The van der Waals surface area contributed by atoms with Crippen LogP contribution >= 0.6 is 0 Å². The standard InChI is InChI=1S/C19H21F3N4O4/c20-19(21,22)11-23-15(28)12-4-6-13(7-5-12)24-14(27)10-26-16(29)18(25-17(26)30)8-2-1-3-9-18/h4-7H,1-3,8-11H2,(H,23,28)(H,24,27)(H,25,30). The monoisotopic (exact) mass is 426 g/mol. The van der Waals surface area contributed by atoms with Crippen LogP contribution in [-0.4, -0.2) is 53.5 Å². The molecule has 11 heteroatoms. The van der Waals surface area contributed by atoms with Crippen LogP contribution in [0.2, 0.25) is 0 Å². The van der Waals surface area contributed by atoms with Crippen molar-refractivity contribution in [3.8, 4) is 0 Å². The number of nitrogens with zero attached hydrogens (tertiary/aromatic N) is 1. The maximum Gasteiger partial charge on any atom is 0.405 e. The molecular weight excluding hydrogens is 405 g/mol. The molecule has 1 aliphatic heterocycles. The van der Waals surface area contributed by atoms with E-state index in [1.54, 1.807) is 5.32 Å². The quantitative estimate of drug-likeness (QED) is 0.627. The Hall–Kier alpha value is -3.11. The van der Waals surface area contributed by atoms with Gasteiger partial charge in [-0.25, -0.2) is 4.79 Å². The number of imide groups is 1. The summed E-state index contributed by atoms with van der Waals surface area (Å²) in [5.41, 5.74) is -0.654. The van der Waals surface area contributed by atoms with Gasteiger partial charge in [0.25, 0.3) is 11.8 Å². The summed E-state index contributed by atoms with van der Waals surface area (Å²) in [6, 6.07) is 4.59. The second-order valence-corrected chi connectivity index (χ2v) is 7.39. The van der Waals surface area contributed by atoms with Crippen LogP contribution in [0, 0.1) is 0 Å². The van der Waals surface area contributed by atoms with Gasteiger partial charge in [0.15, 0.2) is 0 Å². The van der Waals surface area contributed by atoms with Crippen LogP contribution in [0.15, 0.2) is 24.3 Å². The van der Waals surface area contributed by atoms with E-state index in [1.165, 1.54) is 24.3 Å². The number of nitrogens with one attached hydrogen (secondary N) is 3. The lowest BCUT2D eigenvalue weighted by Crippen LogP contribution is -2.48. The number of hydrogen-bond donors (Lipinski definition) is 3. The molecule has 3 N–H and O–H groups in total. The van der Waals surface area contributed by atoms with Crippen LogP contribution in [0.3, 0.4) is 0 Å². The molecule has 1 saturated carbocycles. The van der Waals surface area contributed by atoms with Crippen molar-refractivity contribution in [2.45, 2.75) is 43.8 Å². The summed E-state index contributed by atoms with van der Waals surface area (Å²) in [7, 11) is 0. The average Bonchev–Trinajstić information content (AvgIpc) is 2.90. The lowest BCUT2D eigenvalue weighted by molar-refractivity contribution is -0.134. The number of amides is 5. The maximum atomic E-state index is 12.7. The van der Waals surface area contributed by atoms with Gasteiger partial charge < -0.3 is 16.0 Å². The topological polar surface area (TPSA) is 108 Å². The van der Waals surface area contributed by atoms with Gasteiger partial charge in [-0.05, 0) is 37.1 Å². The molecule has 3 rings (SSSR count). The Morgan fingerprint density at radius 3 is 2.30 bits per heavy atom. The first-order chi connectivity index (χ1) is 14.1. The lowest BCUT2D eigenvalue weighted by atomic mass is 9.82. The summed E-state index contributed by atoms with van der Waals surface area (Å²) >= 11 is 0. The van der Waals surface area contributed by atoms with Crippen molar-refractivity contribution in [2.24, 2.45) is 0 Å². The highest BCUT2D eigenvalue weighted by Gasteiger charge is 2.51. The fourth-order valence-corrected chi connectivity index (χ4v) is 3.65. The van der Waals surface area contributed by atoms with Gasteiger partial charge in [0.05, 0.1) is 0 Å². The van der Waals surface area contributed by atoms with Gasteiger partial charge in [0.1, 0.15) is 18.6 Å². The van der Waals surface area contributed by atoms with Gasteiger partial charge in [0.2, 0.25) is 5.91 Å². The molecular formula is C19H21F3N4O4. The minimum absolute atomic E-state index is 0.00872. The smallest absolute Gasteiger partial charge is 0.343 e. The molecule has 30 heavy (non-hydrogen) atoms. The molecule has 1 heterocycles. The Balaban J connectivity index is 1.55. The summed E-state index contributed by atoms with van der Waals surface area (Å²) in [4.78, 5) is 49.7. The number of urea groups is 1. The third-order valence-electron chi connectivity index (χ3n) is 5.13. The van der Waals surface area contributed by atoms with E-state index in [0.29, 0.717) is 12.8 Å². The number of anilines is 1. The number of rotatable bonds is 5. The highest BCUT2D eigenvalue weighted by atomic mass is 19.4. The molecule has 0 radical (unpaired) electrons. The van der Waals surface area contributed by atoms with E-state index in [9.17, 15) is 32.3 Å². The highest BCUT2D eigenvalue weighted by molar-refractivity contribution is 6.10. The third-order valence-corrected chi connectivity index (χ3v) is 5.13. The van der Waals surface area contributed by atoms with Gasteiger partial charge in [-0.3, -0.25) is 19.3 Å². The van der Waals surface area contributed by atoms with Gasteiger partial charge >= 0.3 is 12.2 Å². The molecule has 1 aromatic rings. The first-order valence-electron chi connectivity index (χ1n) is 9.49. The zero-order valence-electron chi connectivity index (χ0n) is 16.0. The first kappa shape index (κ1) is 21.6. The van der Waals surface area contributed by atoms with Crippen molar-refractivity contribution in [1.82, 2.24) is 15.5 Å².